The number of hydrogen-bond donors (Lipinski definition) is 2. The molecule has 142 valence electrons. The zero-order valence-corrected chi connectivity index (χ0v) is 15.7. The predicted molar refractivity (Wildman–Crippen MR) is 95.7 cm³/mol. The lowest BCUT2D eigenvalue weighted by Crippen LogP contribution is -2.63. The zero-order chi connectivity index (χ0) is 18.9. The van der Waals surface area contributed by atoms with Gasteiger partial charge in [-0.15, -0.1) is 0 Å². The van der Waals surface area contributed by atoms with Crippen LogP contribution in [-0.4, -0.2) is 58.1 Å². The van der Waals surface area contributed by atoms with Gasteiger partial charge in [-0.3, -0.25) is 19.1 Å². The molecule has 2 aliphatic rings. The first kappa shape index (κ1) is 18.4. The van der Waals surface area contributed by atoms with Crippen LogP contribution in [0.15, 0.2) is 6.07 Å². The van der Waals surface area contributed by atoms with E-state index in [0.29, 0.717) is 5.69 Å². The summed E-state index contributed by atoms with van der Waals surface area (Å²) in [5.41, 5.74) is -0.536. The first-order chi connectivity index (χ1) is 12.4. The summed E-state index contributed by atoms with van der Waals surface area (Å²) in [7, 11) is 3.14. The van der Waals surface area contributed by atoms with Gasteiger partial charge < -0.3 is 15.5 Å². The van der Waals surface area contributed by atoms with Crippen LogP contribution in [0.3, 0.4) is 0 Å². The minimum absolute atomic E-state index is 0.158. The standard InChI is InChI=1S/C18H27N5O3/c1-18(17(26)20-12-8-6-4-5-7-9-12)11-23-14(16(25)22(18)3)10-13(21-23)15(24)19-2/h10,12H,4-9,11H2,1-3H3,(H,19,24)(H,20,26). The van der Waals surface area contributed by atoms with E-state index in [2.05, 4.69) is 15.7 Å². The Hall–Kier alpha value is -2.38. The average Bonchev–Trinajstić information content (AvgIpc) is 2.87. The lowest BCUT2D eigenvalue weighted by atomic mass is 9.95. The van der Waals surface area contributed by atoms with E-state index in [-0.39, 0.29) is 36.0 Å². The van der Waals surface area contributed by atoms with Crippen LogP contribution in [0.4, 0.5) is 0 Å². The molecule has 2 heterocycles. The Morgan fingerprint density at radius 1 is 1.23 bits per heavy atom. The summed E-state index contributed by atoms with van der Waals surface area (Å²) >= 11 is 0. The van der Waals surface area contributed by atoms with Crippen molar-refractivity contribution in [2.75, 3.05) is 14.1 Å². The monoisotopic (exact) mass is 361 g/mol. The van der Waals surface area contributed by atoms with Crippen LogP contribution in [0.1, 0.15) is 66.4 Å². The third-order valence-electron chi connectivity index (χ3n) is 5.64. The van der Waals surface area contributed by atoms with Crippen molar-refractivity contribution < 1.29 is 14.4 Å². The van der Waals surface area contributed by atoms with E-state index in [1.807, 2.05) is 0 Å². The van der Waals surface area contributed by atoms with E-state index in [1.54, 1.807) is 14.0 Å². The number of carbonyl (C=O) groups excluding carboxylic acids is 3. The molecule has 1 fully saturated rings. The van der Waals surface area contributed by atoms with Crippen LogP contribution in [0, 0.1) is 0 Å². The third kappa shape index (κ3) is 3.20. The summed E-state index contributed by atoms with van der Waals surface area (Å²) in [5, 5.41) is 9.86. The van der Waals surface area contributed by atoms with Gasteiger partial charge in [-0.05, 0) is 19.8 Å². The van der Waals surface area contributed by atoms with Crippen LogP contribution < -0.4 is 10.6 Å². The second-order valence-electron chi connectivity index (χ2n) is 7.45. The summed E-state index contributed by atoms with van der Waals surface area (Å²) < 4.78 is 1.47. The van der Waals surface area contributed by atoms with Crippen molar-refractivity contribution in [1.82, 2.24) is 25.3 Å². The number of amides is 3. The fourth-order valence-corrected chi connectivity index (χ4v) is 3.73. The molecule has 0 spiro atoms. The van der Waals surface area contributed by atoms with E-state index >= 15 is 0 Å². The molecule has 1 saturated carbocycles. The molecule has 1 aliphatic heterocycles. The van der Waals surface area contributed by atoms with Crippen LogP contribution in [0.25, 0.3) is 0 Å². The number of carbonyl (C=O) groups is 3. The fraction of sp³-hybridized carbons (Fsp3) is 0.667. The highest BCUT2D eigenvalue weighted by Crippen LogP contribution is 2.27. The highest BCUT2D eigenvalue weighted by atomic mass is 16.2. The molecular formula is C18H27N5O3. The largest absolute Gasteiger partial charge is 0.354 e. The first-order valence-electron chi connectivity index (χ1n) is 9.26. The number of nitrogens with zero attached hydrogens (tertiary/aromatic N) is 3. The molecule has 2 N–H and O–H groups in total. The molecule has 0 bridgehead atoms. The number of fused-ring (bicyclic) bond motifs is 1. The molecule has 1 unspecified atom stereocenters. The summed E-state index contributed by atoms with van der Waals surface area (Å²) in [6.07, 6.45) is 6.62. The van der Waals surface area contributed by atoms with Gasteiger partial charge in [0.2, 0.25) is 5.91 Å². The zero-order valence-electron chi connectivity index (χ0n) is 15.7. The van der Waals surface area contributed by atoms with E-state index in [9.17, 15) is 14.4 Å². The molecule has 1 aromatic rings. The molecule has 1 aliphatic carbocycles. The summed E-state index contributed by atoms with van der Waals surface area (Å²) in [5.74, 6) is -0.827. The summed E-state index contributed by atoms with van der Waals surface area (Å²) in [6.45, 7) is 1.97. The molecule has 1 aromatic heterocycles. The summed E-state index contributed by atoms with van der Waals surface area (Å²) in [6, 6.07) is 1.63. The smallest absolute Gasteiger partial charge is 0.272 e. The van der Waals surface area contributed by atoms with Gasteiger partial charge in [-0.2, -0.15) is 5.10 Å². The van der Waals surface area contributed by atoms with Crippen molar-refractivity contribution >= 4 is 17.7 Å². The van der Waals surface area contributed by atoms with Gasteiger partial charge in [-0.1, -0.05) is 25.7 Å². The van der Waals surface area contributed by atoms with Gasteiger partial charge in [0, 0.05) is 26.2 Å². The molecule has 3 amide bonds. The maximum atomic E-state index is 13.0. The Morgan fingerprint density at radius 3 is 2.50 bits per heavy atom. The Labute approximate surface area is 153 Å². The molecule has 0 saturated heterocycles. The quantitative estimate of drug-likeness (QED) is 0.783. The topological polar surface area (TPSA) is 96.3 Å². The first-order valence-corrected chi connectivity index (χ1v) is 9.26. The maximum absolute atomic E-state index is 13.0. The highest BCUT2D eigenvalue weighted by molar-refractivity contribution is 6.01. The number of nitrogens with one attached hydrogen (secondary N) is 2. The van der Waals surface area contributed by atoms with Crippen LogP contribution in [0.5, 0.6) is 0 Å². The van der Waals surface area contributed by atoms with Crippen molar-refractivity contribution in [2.24, 2.45) is 0 Å². The van der Waals surface area contributed by atoms with Crippen molar-refractivity contribution in [2.45, 2.75) is 63.6 Å². The molecule has 8 heteroatoms. The maximum Gasteiger partial charge on any atom is 0.272 e. The van der Waals surface area contributed by atoms with Gasteiger partial charge in [0.1, 0.15) is 11.2 Å². The molecule has 0 radical (unpaired) electrons. The fourth-order valence-electron chi connectivity index (χ4n) is 3.73. The lowest BCUT2D eigenvalue weighted by Gasteiger charge is -2.41. The number of likely N-dealkylation sites (N-methyl/N-ethyl adjacent to an activating group) is 1. The van der Waals surface area contributed by atoms with E-state index in [1.165, 1.54) is 35.5 Å². The SMILES string of the molecule is CNC(=O)c1cc2n(n1)CC(C)(C(=O)NC1CCCCCC1)N(C)C2=O. The highest BCUT2D eigenvalue weighted by Gasteiger charge is 2.46. The van der Waals surface area contributed by atoms with Gasteiger partial charge in [0.05, 0.1) is 6.54 Å². The molecule has 3 rings (SSSR count). The van der Waals surface area contributed by atoms with Crippen molar-refractivity contribution in [1.29, 1.82) is 0 Å². The Bertz CT molecular complexity index is 720. The number of aromatic nitrogens is 2. The van der Waals surface area contributed by atoms with E-state index in [4.69, 9.17) is 0 Å². The predicted octanol–water partition coefficient (Wildman–Crippen LogP) is 0.926. The normalized spacial score (nSPS) is 24.0. The van der Waals surface area contributed by atoms with E-state index in [0.717, 1.165) is 25.7 Å². The second kappa shape index (κ2) is 7.09. The number of rotatable bonds is 3. The second-order valence-corrected chi connectivity index (χ2v) is 7.45. The third-order valence-corrected chi connectivity index (χ3v) is 5.64. The summed E-state index contributed by atoms with van der Waals surface area (Å²) in [4.78, 5) is 39.1. The molecule has 26 heavy (non-hydrogen) atoms. The Morgan fingerprint density at radius 2 is 1.88 bits per heavy atom. The molecule has 0 aromatic carbocycles. The van der Waals surface area contributed by atoms with Gasteiger partial charge in [0.25, 0.3) is 11.8 Å². The minimum atomic E-state index is -1.04. The van der Waals surface area contributed by atoms with Crippen LogP contribution in [0.2, 0.25) is 0 Å². The van der Waals surface area contributed by atoms with E-state index < -0.39 is 5.54 Å². The number of hydrogen-bond acceptors (Lipinski definition) is 4. The van der Waals surface area contributed by atoms with Gasteiger partial charge in [0.15, 0.2) is 5.69 Å². The Balaban J connectivity index is 1.82. The van der Waals surface area contributed by atoms with Crippen molar-refractivity contribution in [3.8, 4) is 0 Å². The molecule has 8 nitrogen and oxygen atoms in total. The van der Waals surface area contributed by atoms with Crippen molar-refractivity contribution in [3.05, 3.63) is 17.5 Å². The lowest BCUT2D eigenvalue weighted by molar-refractivity contribution is -0.133. The van der Waals surface area contributed by atoms with Gasteiger partial charge >= 0.3 is 0 Å². The Kier molecular flexibility index (Phi) is 5.02. The minimum Gasteiger partial charge on any atom is -0.354 e. The molecule has 1 atom stereocenters. The van der Waals surface area contributed by atoms with Crippen molar-refractivity contribution in [3.63, 3.8) is 0 Å². The average molecular weight is 361 g/mol. The molecular weight excluding hydrogens is 334 g/mol. The van der Waals surface area contributed by atoms with Gasteiger partial charge in [-0.25, -0.2) is 0 Å². The van der Waals surface area contributed by atoms with Crippen LogP contribution >= 0.6 is 0 Å². The van der Waals surface area contributed by atoms with Crippen LogP contribution in [-0.2, 0) is 11.3 Å².